The van der Waals surface area contributed by atoms with Crippen LogP contribution in [0.25, 0.3) is 21.9 Å². The maximum atomic E-state index is 14.0. The quantitative estimate of drug-likeness (QED) is 0.148. The Bertz CT molecular complexity index is 1930. The van der Waals surface area contributed by atoms with Gasteiger partial charge < -0.3 is 4.42 Å². The average Bonchev–Trinajstić information content (AvgIpc) is 2.97. The van der Waals surface area contributed by atoms with E-state index in [4.69, 9.17) is 20.3 Å². The lowest BCUT2D eigenvalue weighted by molar-refractivity contribution is 0.508. The second-order valence-electron chi connectivity index (χ2n) is 9.08. The van der Waals surface area contributed by atoms with Crippen molar-refractivity contribution in [3.63, 3.8) is 0 Å². The van der Waals surface area contributed by atoms with Crippen LogP contribution in [0.1, 0.15) is 5.56 Å². The van der Waals surface area contributed by atoms with Gasteiger partial charge in [-0.1, -0.05) is 84.5 Å². The highest BCUT2D eigenvalue weighted by molar-refractivity contribution is 8.33. The molecule has 194 valence electrons. The van der Waals surface area contributed by atoms with Crippen molar-refractivity contribution in [2.24, 2.45) is 0 Å². The van der Waals surface area contributed by atoms with Gasteiger partial charge in [0.2, 0.25) is 0 Å². The van der Waals surface area contributed by atoms with Crippen LogP contribution in [0.2, 0.25) is 0 Å². The Morgan fingerprint density at radius 2 is 1.18 bits per heavy atom. The normalized spacial score (nSPS) is 12.5. The van der Waals surface area contributed by atoms with Crippen LogP contribution in [-0.2, 0) is 13.7 Å². The fourth-order valence-electron chi connectivity index (χ4n) is 4.63. The molecule has 6 rings (SSSR count). The van der Waals surface area contributed by atoms with E-state index in [0.29, 0.717) is 30.4 Å². The largest absolute Gasteiger partial charge is 0.455 e. The zero-order valence-corrected chi connectivity index (χ0v) is 23.4. The van der Waals surface area contributed by atoms with Gasteiger partial charge in [-0.2, -0.15) is 8.42 Å². The molecule has 0 aliphatic heterocycles. The summed E-state index contributed by atoms with van der Waals surface area (Å²) in [6.45, 7) is 1.91. The average molecular weight is 569 g/mol. The zero-order chi connectivity index (χ0) is 27.0. The fourth-order valence-corrected chi connectivity index (χ4v) is 10.3. The van der Waals surface area contributed by atoms with Crippen molar-refractivity contribution in [1.82, 2.24) is 0 Å². The summed E-state index contributed by atoms with van der Waals surface area (Å²) in [5, 5.41) is 1.55. The van der Waals surface area contributed by atoms with E-state index in [2.05, 4.69) is 0 Å². The standard InChI is InChI=1S/C32H24O4S3/c1-23-19-21-26(22-20-23)39(33,34)36-38(24-11-4-2-5-12-24,25-13-6-3-7-14-25)30-18-10-16-28-31(30)35-29-17-9-8-15-27(29)32(28)37/h2-22H,1H3. The Labute approximate surface area is 234 Å². The van der Waals surface area contributed by atoms with Gasteiger partial charge in [0.15, 0.2) is 5.58 Å². The third kappa shape index (κ3) is 4.47. The number of hydrogen-bond acceptors (Lipinski definition) is 5. The second-order valence-corrected chi connectivity index (χ2v) is 13.9. The molecule has 4 nitrogen and oxygen atoms in total. The molecule has 0 atom stereocenters. The fraction of sp³-hybridized carbons (Fsp3) is 0.0312. The maximum absolute atomic E-state index is 14.0. The van der Waals surface area contributed by atoms with E-state index in [9.17, 15) is 8.42 Å². The molecule has 6 aromatic rings. The molecule has 0 spiro atoms. The molecule has 0 unspecified atom stereocenters. The van der Waals surface area contributed by atoms with Crippen LogP contribution in [0, 0.1) is 11.4 Å². The topological polar surface area (TPSA) is 56.5 Å². The summed E-state index contributed by atoms with van der Waals surface area (Å²) >= 11 is 5.90. The summed E-state index contributed by atoms with van der Waals surface area (Å²) in [6, 6.07) is 38.9. The molecular formula is C32H24O4S3. The van der Waals surface area contributed by atoms with Gasteiger partial charge in [0.25, 0.3) is 0 Å². The highest BCUT2D eigenvalue weighted by Crippen LogP contribution is 2.71. The number of para-hydroxylation sites is 2. The highest BCUT2D eigenvalue weighted by atomic mass is 32.3. The van der Waals surface area contributed by atoms with E-state index in [0.717, 1.165) is 16.3 Å². The lowest BCUT2D eigenvalue weighted by Crippen LogP contribution is -2.15. The van der Waals surface area contributed by atoms with Crippen molar-refractivity contribution < 1.29 is 16.5 Å². The lowest BCUT2D eigenvalue weighted by atomic mass is 10.1. The molecule has 7 heteroatoms. The minimum atomic E-state index is -4.23. The Balaban J connectivity index is 1.75. The second kappa shape index (κ2) is 10.1. The van der Waals surface area contributed by atoms with E-state index in [1.54, 1.807) is 24.3 Å². The van der Waals surface area contributed by atoms with Gasteiger partial charge in [0, 0.05) is 20.6 Å². The summed E-state index contributed by atoms with van der Waals surface area (Å²) in [7, 11) is -7.12. The first-order chi connectivity index (χ1) is 18.9. The summed E-state index contributed by atoms with van der Waals surface area (Å²) < 4.78 is 41.8. The SMILES string of the molecule is Cc1ccc(S(=O)(=O)OS(c2ccccc2)(c2ccccc2)c2cccc3c(=S)c4ccccc4oc23)cc1. The first-order valence-electron chi connectivity index (χ1n) is 12.3. The number of hydrogen-bond donors (Lipinski definition) is 0. The molecule has 0 bridgehead atoms. The third-order valence-electron chi connectivity index (χ3n) is 6.53. The summed E-state index contributed by atoms with van der Waals surface area (Å²) in [5.74, 6) is 0. The monoisotopic (exact) mass is 568 g/mol. The van der Waals surface area contributed by atoms with Crippen LogP contribution in [-0.4, -0.2) is 8.42 Å². The summed E-state index contributed by atoms with van der Waals surface area (Å²) in [4.78, 5) is 2.13. The molecule has 39 heavy (non-hydrogen) atoms. The molecule has 0 saturated heterocycles. The van der Waals surface area contributed by atoms with Gasteiger partial charge in [-0.25, -0.2) is 3.63 Å². The van der Waals surface area contributed by atoms with Crippen LogP contribution >= 0.6 is 22.5 Å². The Hall–Kier alpha value is -3.75. The van der Waals surface area contributed by atoms with E-state index in [1.165, 1.54) is 0 Å². The molecule has 1 heterocycles. The first-order valence-corrected chi connectivity index (χ1v) is 15.7. The van der Waals surface area contributed by atoms with Gasteiger partial charge >= 0.3 is 10.1 Å². The molecule has 0 saturated carbocycles. The molecule has 0 fully saturated rings. The van der Waals surface area contributed by atoms with Crippen molar-refractivity contribution in [3.05, 3.63) is 137 Å². The Morgan fingerprint density at radius 1 is 0.615 bits per heavy atom. The van der Waals surface area contributed by atoms with Crippen LogP contribution in [0.5, 0.6) is 0 Å². The molecule has 5 aromatic carbocycles. The van der Waals surface area contributed by atoms with Gasteiger partial charge in [-0.15, -0.1) is 0 Å². The summed E-state index contributed by atoms with van der Waals surface area (Å²) in [6.07, 6.45) is 0. The van der Waals surface area contributed by atoms with E-state index in [1.807, 2.05) is 110 Å². The van der Waals surface area contributed by atoms with E-state index >= 15 is 0 Å². The van der Waals surface area contributed by atoms with Crippen molar-refractivity contribution >= 4 is 54.6 Å². The van der Waals surface area contributed by atoms with Crippen molar-refractivity contribution in [2.75, 3.05) is 0 Å². The molecule has 0 radical (unpaired) electrons. The number of benzene rings is 5. The van der Waals surface area contributed by atoms with Gasteiger partial charge in [0.1, 0.15) is 5.58 Å². The Morgan fingerprint density at radius 3 is 1.82 bits per heavy atom. The minimum Gasteiger partial charge on any atom is -0.455 e. The molecular weight excluding hydrogens is 545 g/mol. The maximum Gasteiger partial charge on any atom is 0.307 e. The highest BCUT2D eigenvalue weighted by Gasteiger charge is 2.40. The molecule has 0 aliphatic rings. The smallest absolute Gasteiger partial charge is 0.307 e. The van der Waals surface area contributed by atoms with Crippen molar-refractivity contribution in [3.8, 4) is 0 Å². The third-order valence-corrected chi connectivity index (χ3v) is 12.2. The Kier molecular flexibility index (Phi) is 6.61. The van der Waals surface area contributed by atoms with Gasteiger partial charge in [0.05, 0.1) is 14.3 Å². The minimum absolute atomic E-state index is 0.0865. The number of aryl methyl sites for hydroxylation is 1. The van der Waals surface area contributed by atoms with Crippen LogP contribution in [0.15, 0.2) is 151 Å². The molecule has 0 aliphatic carbocycles. The lowest BCUT2D eigenvalue weighted by Gasteiger charge is -2.39. The van der Waals surface area contributed by atoms with Crippen LogP contribution in [0.3, 0.4) is 0 Å². The van der Waals surface area contributed by atoms with Crippen molar-refractivity contribution in [2.45, 2.75) is 26.5 Å². The van der Waals surface area contributed by atoms with Crippen LogP contribution in [0.4, 0.5) is 0 Å². The zero-order valence-electron chi connectivity index (χ0n) is 21.0. The molecule has 1 aromatic heterocycles. The predicted molar refractivity (Wildman–Crippen MR) is 159 cm³/mol. The number of fused-ring (bicyclic) bond motifs is 2. The molecule has 0 N–H and O–H groups in total. The van der Waals surface area contributed by atoms with Gasteiger partial charge in [-0.05, 0) is 77.9 Å². The summed E-state index contributed by atoms with van der Waals surface area (Å²) in [5.41, 5.74) is 2.08. The van der Waals surface area contributed by atoms with Gasteiger partial charge in [-0.3, -0.25) is 0 Å². The number of rotatable bonds is 6. The van der Waals surface area contributed by atoms with Crippen LogP contribution < -0.4 is 0 Å². The first kappa shape index (κ1) is 25.5. The molecule has 0 amide bonds. The van der Waals surface area contributed by atoms with Crippen molar-refractivity contribution in [1.29, 1.82) is 0 Å². The predicted octanol–water partition coefficient (Wildman–Crippen LogP) is 9.23. The van der Waals surface area contributed by atoms with E-state index < -0.39 is 20.4 Å². The van der Waals surface area contributed by atoms with E-state index in [-0.39, 0.29) is 4.90 Å².